The van der Waals surface area contributed by atoms with E-state index in [1.807, 2.05) is 18.2 Å². The molecule has 0 saturated carbocycles. The highest BCUT2D eigenvalue weighted by Crippen LogP contribution is 2.25. The van der Waals surface area contributed by atoms with E-state index in [-0.39, 0.29) is 11.9 Å². The third-order valence-electron chi connectivity index (χ3n) is 3.36. The van der Waals surface area contributed by atoms with Gasteiger partial charge in [-0.05, 0) is 54.8 Å². The number of halogens is 1. The first-order valence-corrected chi connectivity index (χ1v) is 6.56. The van der Waals surface area contributed by atoms with Gasteiger partial charge < -0.3 is 10.2 Å². The standard InChI is InChI=1S/C16H15FN2O/c17-13-2-4-15-12(9-13)10-16(20-15)14(18)3-1-11-5-7-19-8-6-11/h2,4-10,14H,1,3,18H2. The van der Waals surface area contributed by atoms with E-state index in [1.165, 1.54) is 17.7 Å². The second kappa shape index (κ2) is 5.43. The van der Waals surface area contributed by atoms with Crippen molar-refractivity contribution in [3.05, 3.63) is 65.9 Å². The van der Waals surface area contributed by atoms with Crippen molar-refractivity contribution in [2.45, 2.75) is 18.9 Å². The van der Waals surface area contributed by atoms with Crippen molar-refractivity contribution in [1.82, 2.24) is 4.98 Å². The number of nitrogens with two attached hydrogens (primary N) is 1. The molecule has 0 bridgehead atoms. The van der Waals surface area contributed by atoms with Gasteiger partial charge in [0.2, 0.25) is 0 Å². The average Bonchev–Trinajstić information content (AvgIpc) is 2.89. The Morgan fingerprint density at radius 1 is 1.15 bits per heavy atom. The lowest BCUT2D eigenvalue weighted by molar-refractivity contribution is 0.478. The molecular weight excluding hydrogens is 255 g/mol. The summed E-state index contributed by atoms with van der Waals surface area (Å²) in [5.41, 5.74) is 8.00. The summed E-state index contributed by atoms with van der Waals surface area (Å²) < 4.78 is 18.8. The van der Waals surface area contributed by atoms with E-state index in [2.05, 4.69) is 4.98 Å². The quantitative estimate of drug-likeness (QED) is 0.788. The first-order valence-electron chi connectivity index (χ1n) is 6.56. The first-order chi connectivity index (χ1) is 9.72. The van der Waals surface area contributed by atoms with Crippen LogP contribution in [0.3, 0.4) is 0 Å². The van der Waals surface area contributed by atoms with Gasteiger partial charge in [0.25, 0.3) is 0 Å². The highest BCUT2D eigenvalue weighted by atomic mass is 19.1. The van der Waals surface area contributed by atoms with Crippen molar-refractivity contribution in [3.63, 3.8) is 0 Å². The number of aromatic nitrogens is 1. The van der Waals surface area contributed by atoms with Crippen LogP contribution in [0.2, 0.25) is 0 Å². The molecule has 3 rings (SSSR count). The van der Waals surface area contributed by atoms with E-state index >= 15 is 0 Å². The van der Waals surface area contributed by atoms with Gasteiger partial charge in [0.05, 0.1) is 6.04 Å². The Balaban J connectivity index is 1.73. The van der Waals surface area contributed by atoms with Gasteiger partial charge in [-0.3, -0.25) is 4.98 Å². The zero-order valence-electron chi connectivity index (χ0n) is 10.9. The smallest absolute Gasteiger partial charge is 0.134 e. The highest BCUT2D eigenvalue weighted by Gasteiger charge is 2.12. The summed E-state index contributed by atoms with van der Waals surface area (Å²) in [5, 5.41) is 0.749. The number of hydrogen-bond acceptors (Lipinski definition) is 3. The summed E-state index contributed by atoms with van der Waals surface area (Å²) in [6.45, 7) is 0. The molecule has 102 valence electrons. The molecule has 0 aliphatic rings. The third-order valence-corrected chi connectivity index (χ3v) is 3.36. The number of benzene rings is 1. The largest absolute Gasteiger partial charge is 0.459 e. The molecule has 2 N–H and O–H groups in total. The molecule has 0 saturated heterocycles. The fraction of sp³-hybridized carbons (Fsp3) is 0.188. The molecule has 20 heavy (non-hydrogen) atoms. The van der Waals surface area contributed by atoms with E-state index in [0.29, 0.717) is 11.3 Å². The van der Waals surface area contributed by atoms with E-state index in [0.717, 1.165) is 18.2 Å². The maximum atomic E-state index is 13.1. The van der Waals surface area contributed by atoms with Gasteiger partial charge in [0.15, 0.2) is 0 Å². The van der Waals surface area contributed by atoms with E-state index in [1.54, 1.807) is 18.5 Å². The topological polar surface area (TPSA) is 52.0 Å². The number of pyridine rings is 1. The van der Waals surface area contributed by atoms with Crippen LogP contribution >= 0.6 is 0 Å². The normalized spacial score (nSPS) is 12.7. The molecule has 0 radical (unpaired) electrons. The minimum Gasteiger partial charge on any atom is -0.459 e. The Morgan fingerprint density at radius 2 is 1.95 bits per heavy atom. The van der Waals surface area contributed by atoms with Crippen LogP contribution in [-0.4, -0.2) is 4.98 Å². The molecule has 0 amide bonds. The van der Waals surface area contributed by atoms with Crippen LogP contribution in [0, 0.1) is 5.82 Å². The van der Waals surface area contributed by atoms with Gasteiger partial charge in [-0.2, -0.15) is 0 Å². The minimum absolute atomic E-state index is 0.196. The van der Waals surface area contributed by atoms with Crippen molar-refractivity contribution in [3.8, 4) is 0 Å². The molecule has 3 aromatic rings. The van der Waals surface area contributed by atoms with Crippen molar-refractivity contribution >= 4 is 11.0 Å². The van der Waals surface area contributed by atoms with Crippen LogP contribution in [0.5, 0.6) is 0 Å². The predicted molar refractivity (Wildman–Crippen MR) is 75.7 cm³/mol. The van der Waals surface area contributed by atoms with Crippen LogP contribution in [0.15, 0.2) is 53.2 Å². The van der Waals surface area contributed by atoms with Gasteiger partial charge in [-0.15, -0.1) is 0 Å². The van der Waals surface area contributed by atoms with Crippen molar-refractivity contribution in [1.29, 1.82) is 0 Å². The number of rotatable bonds is 4. The van der Waals surface area contributed by atoms with E-state index in [9.17, 15) is 4.39 Å². The summed E-state index contributed by atoms with van der Waals surface area (Å²) in [4.78, 5) is 3.98. The highest BCUT2D eigenvalue weighted by molar-refractivity contribution is 5.78. The van der Waals surface area contributed by atoms with Crippen molar-refractivity contribution in [2.24, 2.45) is 5.73 Å². The fourth-order valence-electron chi connectivity index (χ4n) is 2.23. The lowest BCUT2D eigenvalue weighted by atomic mass is 10.1. The molecule has 0 aliphatic heterocycles. The molecular formula is C16H15FN2O. The maximum absolute atomic E-state index is 13.1. The molecule has 0 aliphatic carbocycles. The van der Waals surface area contributed by atoms with Crippen molar-refractivity contribution < 1.29 is 8.81 Å². The lowest BCUT2D eigenvalue weighted by Crippen LogP contribution is -2.10. The number of aryl methyl sites for hydroxylation is 1. The molecule has 1 atom stereocenters. The third kappa shape index (κ3) is 2.70. The Labute approximate surface area is 116 Å². The van der Waals surface area contributed by atoms with Crippen LogP contribution < -0.4 is 5.73 Å². The summed E-state index contributed by atoms with van der Waals surface area (Å²) in [7, 11) is 0. The van der Waals surface area contributed by atoms with E-state index < -0.39 is 0 Å². The van der Waals surface area contributed by atoms with Crippen LogP contribution in [-0.2, 0) is 6.42 Å². The fourth-order valence-corrected chi connectivity index (χ4v) is 2.23. The molecule has 4 heteroatoms. The molecule has 0 fully saturated rings. The van der Waals surface area contributed by atoms with Gasteiger partial charge >= 0.3 is 0 Å². The average molecular weight is 270 g/mol. The molecule has 0 spiro atoms. The summed E-state index contributed by atoms with van der Waals surface area (Å²) in [5.74, 6) is 0.426. The number of fused-ring (bicyclic) bond motifs is 1. The molecule has 3 nitrogen and oxygen atoms in total. The van der Waals surface area contributed by atoms with Crippen LogP contribution in [0.1, 0.15) is 23.8 Å². The summed E-state index contributed by atoms with van der Waals surface area (Å²) in [6, 6.07) is 10.0. The Kier molecular flexibility index (Phi) is 3.48. The van der Waals surface area contributed by atoms with Crippen LogP contribution in [0.4, 0.5) is 4.39 Å². The predicted octanol–water partition coefficient (Wildman–Crippen LogP) is 3.60. The van der Waals surface area contributed by atoms with Gasteiger partial charge in [0.1, 0.15) is 17.2 Å². The van der Waals surface area contributed by atoms with Crippen molar-refractivity contribution in [2.75, 3.05) is 0 Å². The van der Waals surface area contributed by atoms with Gasteiger partial charge in [-0.1, -0.05) is 0 Å². The summed E-state index contributed by atoms with van der Waals surface area (Å²) in [6.07, 6.45) is 5.16. The number of furan rings is 1. The molecule has 2 aromatic heterocycles. The van der Waals surface area contributed by atoms with Crippen LogP contribution in [0.25, 0.3) is 11.0 Å². The zero-order chi connectivity index (χ0) is 13.9. The number of hydrogen-bond donors (Lipinski definition) is 1. The minimum atomic E-state index is -0.268. The monoisotopic (exact) mass is 270 g/mol. The van der Waals surface area contributed by atoms with E-state index in [4.69, 9.17) is 10.2 Å². The second-order valence-corrected chi connectivity index (χ2v) is 4.83. The van der Waals surface area contributed by atoms with Gasteiger partial charge in [-0.25, -0.2) is 4.39 Å². The zero-order valence-corrected chi connectivity index (χ0v) is 10.9. The first kappa shape index (κ1) is 12.8. The Morgan fingerprint density at radius 3 is 2.75 bits per heavy atom. The maximum Gasteiger partial charge on any atom is 0.134 e. The molecule has 1 aromatic carbocycles. The molecule has 1 unspecified atom stereocenters. The summed E-state index contributed by atoms with van der Waals surface area (Å²) >= 11 is 0. The second-order valence-electron chi connectivity index (χ2n) is 4.83. The van der Waals surface area contributed by atoms with Gasteiger partial charge in [0, 0.05) is 17.8 Å². The Hall–Kier alpha value is -2.20. The lowest BCUT2D eigenvalue weighted by Gasteiger charge is -2.08. The molecule has 2 heterocycles. The number of nitrogens with zero attached hydrogens (tertiary/aromatic N) is 1. The Bertz CT molecular complexity index is 709. The SMILES string of the molecule is NC(CCc1ccncc1)c1cc2cc(F)ccc2o1.